The highest BCUT2D eigenvalue weighted by Gasteiger charge is 2.21. The number of ether oxygens (including phenoxy) is 1. The SMILES string of the molecule is CC(=O)OC(C)(C)Cc1ccc(C)cc1. The summed E-state index contributed by atoms with van der Waals surface area (Å²) in [4.78, 5) is 10.9. The fourth-order valence-corrected chi connectivity index (χ4v) is 1.62. The van der Waals surface area contributed by atoms with Gasteiger partial charge in [0, 0.05) is 13.3 Å². The van der Waals surface area contributed by atoms with Crippen molar-refractivity contribution in [1.82, 2.24) is 0 Å². The molecule has 82 valence electrons. The first-order valence-electron chi connectivity index (χ1n) is 5.14. The van der Waals surface area contributed by atoms with Crippen LogP contribution in [-0.4, -0.2) is 11.6 Å². The van der Waals surface area contributed by atoms with E-state index in [-0.39, 0.29) is 5.97 Å². The summed E-state index contributed by atoms with van der Waals surface area (Å²) < 4.78 is 5.23. The Hall–Kier alpha value is -1.31. The molecule has 0 aliphatic rings. The van der Waals surface area contributed by atoms with E-state index >= 15 is 0 Å². The smallest absolute Gasteiger partial charge is 0.303 e. The van der Waals surface area contributed by atoms with Crippen LogP contribution in [0.1, 0.15) is 31.9 Å². The van der Waals surface area contributed by atoms with Crippen molar-refractivity contribution in [1.29, 1.82) is 0 Å². The zero-order valence-corrected chi connectivity index (χ0v) is 9.83. The lowest BCUT2D eigenvalue weighted by Gasteiger charge is -2.24. The van der Waals surface area contributed by atoms with Crippen LogP contribution < -0.4 is 0 Å². The highest BCUT2D eigenvalue weighted by atomic mass is 16.6. The Labute approximate surface area is 91.3 Å². The molecular weight excluding hydrogens is 188 g/mol. The van der Waals surface area contributed by atoms with Crippen molar-refractivity contribution >= 4 is 5.97 Å². The highest BCUT2D eigenvalue weighted by Crippen LogP contribution is 2.17. The molecule has 0 amide bonds. The van der Waals surface area contributed by atoms with Crippen molar-refractivity contribution in [2.24, 2.45) is 0 Å². The third-order valence-electron chi connectivity index (χ3n) is 2.17. The second-order valence-corrected chi connectivity index (χ2v) is 4.52. The van der Waals surface area contributed by atoms with Crippen molar-refractivity contribution < 1.29 is 9.53 Å². The third kappa shape index (κ3) is 4.15. The van der Waals surface area contributed by atoms with Gasteiger partial charge in [-0.25, -0.2) is 0 Å². The van der Waals surface area contributed by atoms with E-state index in [0.717, 1.165) is 6.42 Å². The Kier molecular flexibility index (Phi) is 3.51. The van der Waals surface area contributed by atoms with Crippen LogP contribution in [0.2, 0.25) is 0 Å². The Balaban J connectivity index is 2.68. The lowest BCUT2D eigenvalue weighted by atomic mass is 9.98. The average Bonchev–Trinajstić information content (AvgIpc) is 2.06. The van der Waals surface area contributed by atoms with Crippen LogP contribution in [0, 0.1) is 6.92 Å². The van der Waals surface area contributed by atoms with Crippen molar-refractivity contribution in [2.45, 2.75) is 39.7 Å². The van der Waals surface area contributed by atoms with E-state index in [1.54, 1.807) is 0 Å². The van der Waals surface area contributed by atoms with Crippen LogP contribution in [-0.2, 0) is 16.0 Å². The molecule has 0 aromatic heterocycles. The van der Waals surface area contributed by atoms with Crippen LogP contribution in [0.5, 0.6) is 0 Å². The van der Waals surface area contributed by atoms with Gasteiger partial charge in [-0.3, -0.25) is 4.79 Å². The topological polar surface area (TPSA) is 26.3 Å². The van der Waals surface area contributed by atoms with Crippen molar-refractivity contribution in [3.8, 4) is 0 Å². The normalized spacial score (nSPS) is 11.2. The largest absolute Gasteiger partial charge is 0.460 e. The maximum absolute atomic E-state index is 10.9. The number of hydrogen-bond acceptors (Lipinski definition) is 2. The second-order valence-electron chi connectivity index (χ2n) is 4.52. The molecule has 0 spiro atoms. The predicted molar refractivity (Wildman–Crippen MR) is 60.7 cm³/mol. The molecule has 0 unspecified atom stereocenters. The molecule has 0 atom stereocenters. The number of benzene rings is 1. The van der Waals surface area contributed by atoms with Crippen LogP contribution in [0.15, 0.2) is 24.3 Å². The highest BCUT2D eigenvalue weighted by molar-refractivity contribution is 5.66. The molecule has 0 saturated carbocycles. The van der Waals surface area contributed by atoms with Gasteiger partial charge in [-0.2, -0.15) is 0 Å². The third-order valence-corrected chi connectivity index (χ3v) is 2.17. The molecule has 1 aromatic rings. The van der Waals surface area contributed by atoms with E-state index in [4.69, 9.17) is 4.74 Å². The number of aryl methyl sites for hydroxylation is 1. The zero-order valence-electron chi connectivity index (χ0n) is 9.83. The van der Waals surface area contributed by atoms with E-state index in [0.29, 0.717) is 0 Å². The Bertz CT molecular complexity index is 336. The van der Waals surface area contributed by atoms with E-state index in [2.05, 4.69) is 31.2 Å². The zero-order chi connectivity index (χ0) is 11.5. The Morgan fingerprint density at radius 1 is 1.27 bits per heavy atom. The van der Waals surface area contributed by atoms with Crippen LogP contribution in [0.4, 0.5) is 0 Å². The van der Waals surface area contributed by atoms with Crippen molar-refractivity contribution in [3.63, 3.8) is 0 Å². The first-order valence-corrected chi connectivity index (χ1v) is 5.14. The molecule has 15 heavy (non-hydrogen) atoms. The van der Waals surface area contributed by atoms with Gasteiger partial charge in [0.1, 0.15) is 5.60 Å². The minimum atomic E-state index is -0.429. The van der Waals surface area contributed by atoms with E-state index in [1.165, 1.54) is 18.1 Å². The van der Waals surface area contributed by atoms with Gasteiger partial charge >= 0.3 is 5.97 Å². The summed E-state index contributed by atoms with van der Waals surface area (Å²) in [6, 6.07) is 8.28. The predicted octanol–water partition coefficient (Wildman–Crippen LogP) is 2.88. The molecule has 0 aliphatic carbocycles. The summed E-state index contributed by atoms with van der Waals surface area (Å²) >= 11 is 0. The Morgan fingerprint density at radius 2 is 1.80 bits per heavy atom. The molecule has 0 N–H and O–H groups in total. The molecule has 0 radical (unpaired) electrons. The van der Waals surface area contributed by atoms with E-state index in [1.807, 2.05) is 13.8 Å². The van der Waals surface area contributed by atoms with Gasteiger partial charge in [-0.15, -0.1) is 0 Å². The molecule has 1 aromatic carbocycles. The van der Waals surface area contributed by atoms with Crippen LogP contribution in [0.3, 0.4) is 0 Å². The molecule has 2 heteroatoms. The quantitative estimate of drug-likeness (QED) is 0.711. The number of carbonyl (C=O) groups is 1. The van der Waals surface area contributed by atoms with Gasteiger partial charge < -0.3 is 4.74 Å². The fraction of sp³-hybridized carbons (Fsp3) is 0.462. The number of hydrogen-bond donors (Lipinski definition) is 0. The van der Waals surface area contributed by atoms with Crippen molar-refractivity contribution in [2.75, 3.05) is 0 Å². The monoisotopic (exact) mass is 206 g/mol. The lowest BCUT2D eigenvalue weighted by Crippen LogP contribution is -2.29. The van der Waals surface area contributed by atoms with Gasteiger partial charge in [-0.05, 0) is 26.3 Å². The summed E-state index contributed by atoms with van der Waals surface area (Å²) in [5.74, 6) is -0.230. The number of esters is 1. The summed E-state index contributed by atoms with van der Waals surface area (Å²) in [7, 11) is 0. The number of rotatable bonds is 3. The molecule has 0 fully saturated rings. The average molecular weight is 206 g/mol. The first kappa shape index (κ1) is 11.8. The van der Waals surface area contributed by atoms with Gasteiger partial charge in [0.2, 0.25) is 0 Å². The lowest BCUT2D eigenvalue weighted by molar-refractivity contribution is -0.153. The van der Waals surface area contributed by atoms with Crippen LogP contribution in [0.25, 0.3) is 0 Å². The molecular formula is C13H18O2. The standard InChI is InChI=1S/C13H18O2/c1-10-5-7-12(8-6-10)9-13(3,4)15-11(2)14/h5-8H,9H2,1-4H3. The minimum absolute atomic E-state index is 0.230. The maximum Gasteiger partial charge on any atom is 0.303 e. The van der Waals surface area contributed by atoms with Crippen molar-refractivity contribution in [3.05, 3.63) is 35.4 Å². The summed E-state index contributed by atoms with van der Waals surface area (Å²) in [6.07, 6.45) is 0.743. The fourth-order valence-electron chi connectivity index (χ4n) is 1.62. The summed E-state index contributed by atoms with van der Waals surface area (Å²) in [5, 5.41) is 0. The summed E-state index contributed by atoms with van der Waals surface area (Å²) in [6.45, 7) is 7.35. The second kappa shape index (κ2) is 4.47. The maximum atomic E-state index is 10.9. The molecule has 0 saturated heterocycles. The van der Waals surface area contributed by atoms with Gasteiger partial charge in [0.25, 0.3) is 0 Å². The van der Waals surface area contributed by atoms with E-state index < -0.39 is 5.60 Å². The van der Waals surface area contributed by atoms with Gasteiger partial charge in [-0.1, -0.05) is 29.8 Å². The van der Waals surface area contributed by atoms with Gasteiger partial charge in [0.05, 0.1) is 0 Å². The molecule has 2 nitrogen and oxygen atoms in total. The summed E-state index contributed by atoms with van der Waals surface area (Å²) in [5.41, 5.74) is 2.00. The number of carbonyl (C=O) groups excluding carboxylic acids is 1. The Morgan fingerprint density at radius 3 is 2.27 bits per heavy atom. The molecule has 0 bridgehead atoms. The molecule has 1 rings (SSSR count). The molecule has 0 heterocycles. The first-order chi connectivity index (χ1) is 6.89. The van der Waals surface area contributed by atoms with Crippen LogP contribution >= 0.6 is 0 Å². The van der Waals surface area contributed by atoms with Gasteiger partial charge in [0.15, 0.2) is 0 Å². The van der Waals surface area contributed by atoms with E-state index in [9.17, 15) is 4.79 Å². The minimum Gasteiger partial charge on any atom is -0.460 e. The molecule has 0 aliphatic heterocycles.